The summed E-state index contributed by atoms with van der Waals surface area (Å²) in [4.78, 5) is 12.1. The van der Waals surface area contributed by atoms with Gasteiger partial charge in [-0.15, -0.1) is 0 Å². The molecule has 5 heteroatoms. The number of amides is 1. The summed E-state index contributed by atoms with van der Waals surface area (Å²) in [7, 11) is 0. The first kappa shape index (κ1) is 13.0. The topological polar surface area (TPSA) is 29.1 Å². The van der Waals surface area contributed by atoms with E-state index in [4.69, 9.17) is 0 Å². The first-order valence-corrected chi connectivity index (χ1v) is 7.32. The maximum atomic E-state index is 13.6. The molecule has 0 saturated heterocycles. The molecule has 0 aromatic heterocycles. The Morgan fingerprint density at radius 1 is 1.16 bits per heavy atom. The number of hydrogen-bond acceptors (Lipinski definition) is 1. The normalized spacial score (nSPS) is 28.7. The number of benzene rings is 1. The molecule has 1 aromatic rings. The molecule has 0 heterocycles. The zero-order valence-electron chi connectivity index (χ0n) is 10.3. The number of rotatable bonds is 2. The molecule has 19 heavy (non-hydrogen) atoms. The summed E-state index contributed by atoms with van der Waals surface area (Å²) in [5.74, 6) is -0.930. The third-order valence-electron chi connectivity index (χ3n) is 4.21. The molecule has 2 aliphatic rings. The Hall–Kier alpha value is -0.970. The van der Waals surface area contributed by atoms with Gasteiger partial charge in [-0.25, -0.2) is 8.78 Å². The Bertz CT molecular complexity index is 499. The van der Waals surface area contributed by atoms with Crippen LogP contribution in [0.4, 0.5) is 14.5 Å². The first-order chi connectivity index (χ1) is 9.08. The van der Waals surface area contributed by atoms with E-state index in [9.17, 15) is 13.6 Å². The lowest BCUT2D eigenvalue weighted by molar-refractivity contribution is -0.117. The van der Waals surface area contributed by atoms with Crippen LogP contribution >= 0.6 is 15.9 Å². The van der Waals surface area contributed by atoms with Crippen molar-refractivity contribution >= 4 is 27.5 Å². The van der Waals surface area contributed by atoms with Gasteiger partial charge in [0.2, 0.25) is 5.91 Å². The van der Waals surface area contributed by atoms with Gasteiger partial charge in [0.1, 0.15) is 5.69 Å². The van der Waals surface area contributed by atoms with Crippen molar-refractivity contribution in [2.75, 3.05) is 5.32 Å². The summed E-state index contributed by atoms with van der Waals surface area (Å²) < 4.78 is 27.6. The van der Waals surface area contributed by atoms with Crippen molar-refractivity contribution in [2.24, 2.45) is 17.8 Å². The summed E-state index contributed by atoms with van der Waals surface area (Å²) in [5, 5.41) is 2.41. The molecule has 0 spiro atoms. The smallest absolute Gasteiger partial charge is 0.228 e. The van der Waals surface area contributed by atoms with E-state index < -0.39 is 11.6 Å². The number of fused-ring (bicyclic) bond motifs is 1. The van der Waals surface area contributed by atoms with Gasteiger partial charge in [-0.1, -0.05) is 28.8 Å². The van der Waals surface area contributed by atoms with Gasteiger partial charge < -0.3 is 5.32 Å². The molecular formula is C14H14BrF2NO. The Kier molecular flexibility index (Phi) is 3.33. The van der Waals surface area contributed by atoms with Gasteiger partial charge in [-0.3, -0.25) is 4.79 Å². The van der Waals surface area contributed by atoms with E-state index in [1.165, 1.54) is 0 Å². The van der Waals surface area contributed by atoms with Gasteiger partial charge in [-0.05, 0) is 36.8 Å². The molecule has 0 bridgehead atoms. The Balaban J connectivity index is 1.74. The van der Waals surface area contributed by atoms with Gasteiger partial charge in [0.15, 0.2) is 11.6 Å². The number of halogens is 3. The molecule has 102 valence electrons. The van der Waals surface area contributed by atoms with E-state index >= 15 is 0 Å². The Labute approximate surface area is 118 Å². The van der Waals surface area contributed by atoms with Crippen LogP contribution in [0.25, 0.3) is 0 Å². The summed E-state index contributed by atoms with van der Waals surface area (Å²) >= 11 is 3.01. The molecule has 2 saturated carbocycles. The van der Waals surface area contributed by atoms with Crippen LogP contribution in [0.15, 0.2) is 16.6 Å². The van der Waals surface area contributed by atoms with E-state index in [0.717, 1.165) is 37.8 Å². The predicted octanol–water partition coefficient (Wildman–Crippen LogP) is 4.10. The lowest BCUT2D eigenvalue weighted by Crippen LogP contribution is -2.17. The van der Waals surface area contributed by atoms with Gasteiger partial charge in [0, 0.05) is 10.4 Å². The highest BCUT2D eigenvalue weighted by molar-refractivity contribution is 9.10. The number of carbonyl (C=O) groups excluding carboxylic acids is 1. The quantitative estimate of drug-likeness (QED) is 0.869. The number of hydrogen-bond donors (Lipinski definition) is 1. The maximum absolute atomic E-state index is 13.6. The zero-order valence-corrected chi connectivity index (χ0v) is 11.8. The number of carbonyl (C=O) groups is 1. The molecule has 0 aliphatic heterocycles. The van der Waals surface area contributed by atoms with Crippen LogP contribution in [0.5, 0.6) is 0 Å². The highest BCUT2D eigenvalue weighted by Gasteiger charge is 2.54. The average Bonchev–Trinajstić information content (AvgIpc) is 3.07. The van der Waals surface area contributed by atoms with E-state index in [1.54, 1.807) is 0 Å². The second kappa shape index (κ2) is 4.85. The van der Waals surface area contributed by atoms with Crippen molar-refractivity contribution in [1.82, 2.24) is 0 Å². The van der Waals surface area contributed by atoms with Crippen LogP contribution in [0.2, 0.25) is 0 Å². The summed E-state index contributed by atoms with van der Waals surface area (Å²) in [6.45, 7) is 0. The monoisotopic (exact) mass is 329 g/mol. The second-order valence-corrected chi connectivity index (χ2v) is 6.29. The molecule has 2 fully saturated rings. The molecule has 0 radical (unpaired) electrons. The minimum Gasteiger partial charge on any atom is -0.321 e. The SMILES string of the molecule is O=C(Nc1c(F)cc(Br)cc1F)C1C2CCCCC21. The largest absolute Gasteiger partial charge is 0.321 e. The highest BCUT2D eigenvalue weighted by Crippen LogP contribution is 2.55. The van der Waals surface area contributed by atoms with Crippen LogP contribution in [-0.2, 0) is 4.79 Å². The lowest BCUT2D eigenvalue weighted by Gasteiger charge is -2.08. The van der Waals surface area contributed by atoms with Gasteiger partial charge in [0.25, 0.3) is 0 Å². The van der Waals surface area contributed by atoms with Gasteiger partial charge in [0.05, 0.1) is 0 Å². The third-order valence-corrected chi connectivity index (χ3v) is 4.67. The van der Waals surface area contributed by atoms with E-state index in [1.807, 2.05) is 0 Å². The number of anilines is 1. The van der Waals surface area contributed by atoms with Crippen molar-refractivity contribution in [2.45, 2.75) is 25.7 Å². The minimum atomic E-state index is -0.746. The average molecular weight is 330 g/mol. The minimum absolute atomic E-state index is 0.0510. The summed E-state index contributed by atoms with van der Waals surface area (Å²) in [5.41, 5.74) is -0.336. The zero-order chi connectivity index (χ0) is 13.6. The highest BCUT2D eigenvalue weighted by atomic mass is 79.9. The second-order valence-electron chi connectivity index (χ2n) is 5.37. The van der Waals surface area contributed by atoms with Crippen molar-refractivity contribution in [3.05, 3.63) is 28.2 Å². The molecule has 1 N–H and O–H groups in total. The van der Waals surface area contributed by atoms with Gasteiger partial charge >= 0.3 is 0 Å². The molecule has 1 aromatic carbocycles. The van der Waals surface area contributed by atoms with Gasteiger partial charge in [-0.2, -0.15) is 0 Å². The fourth-order valence-electron chi connectivity index (χ4n) is 3.25. The van der Waals surface area contributed by atoms with Crippen LogP contribution < -0.4 is 5.32 Å². The number of nitrogens with one attached hydrogen (secondary N) is 1. The van der Waals surface area contributed by atoms with Crippen molar-refractivity contribution in [1.29, 1.82) is 0 Å². The first-order valence-electron chi connectivity index (χ1n) is 6.53. The van der Waals surface area contributed by atoms with Crippen LogP contribution in [0, 0.1) is 29.4 Å². The Morgan fingerprint density at radius 2 is 1.68 bits per heavy atom. The van der Waals surface area contributed by atoms with E-state index in [0.29, 0.717) is 16.3 Å². The molecule has 2 unspecified atom stereocenters. The third kappa shape index (κ3) is 2.40. The van der Waals surface area contributed by atoms with Crippen molar-refractivity contribution < 1.29 is 13.6 Å². The Morgan fingerprint density at radius 3 is 2.21 bits per heavy atom. The van der Waals surface area contributed by atoms with Crippen molar-refractivity contribution in [3.8, 4) is 0 Å². The van der Waals surface area contributed by atoms with Crippen LogP contribution in [0.3, 0.4) is 0 Å². The summed E-state index contributed by atoms with van der Waals surface area (Å²) in [6.07, 6.45) is 4.44. The maximum Gasteiger partial charge on any atom is 0.228 e. The standard InChI is InChI=1S/C14H14BrF2NO/c15-7-5-10(16)13(11(17)6-7)18-14(19)12-8-3-1-2-4-9(8)12/h5-6,8-9,12H,1-4H2,(H,18,19). The molecule has 2 aliphatic carbocycles. The van der Waals surface area contributed by atoms with E-state index in [2.05, 4.69) is 21.2 Å². The predicted molar refractivity (Wildman–Crippen MR) is 71.6 cm³/mol. The van der Waals surface area contributed by atoms with Crippen LogP contribution in [-0.4, -0.2) is 5.91 Å². The molecule has 3 rings (SSSR count). The summed E-state index contributed by atoms with van der Waals surface area (Å²) in [6, 6.07) is 2.30. The fourth-order valence-corrected chi connectivity index (χ4v) is 3.65. The van der Waals surface area contributed by atoms with Crippen molar-refractivity contribution in [3.63, 3.8) is 0 Å². The van der Waals surface area contributed by atoms with E-state index in [-0.39, 0.29) is 17.5 Å². The molecule has 1 amide bonds. The lowest BCUT2D eigenvalue weighted by atomic mass is 10.0. The molecule has 2 nitrogen and oxygen atoms in total. The van der Waals surface area contributed by atoms with Crippen LogP contribution in [0.1, 0.15) is 25.7 Å². The molecular weight excluding hydrogens is 316 g/mol. The molecule has 2 atom stereocenters. The fraction of sp³-hybridized carbons (Fsp3) is 0.500.